The van der Waals surface area contributed by atoms with E-state index in [1.807, 2.05) is 0 Å². The number of hydrogen-bond donors (Lipinski definition) is 1. The maximum absolute atomic E-state index is 13.4. The molecule has 94 valence electrons. The van der Waals surface area contributed by atoms with Gasteiger partial charge in [-0.2, -0.15) is 0 Å². The smallest absolute Gasteiger partial charge is 0.265 e. The predicted octanol–water partition coefficient (Wildman–Crippen LogP) is 2.71. The number of aromatic amines is 1. The van der Waals surface area contributed by atoms with Crippen molar-refractivity contribution >= 4 is 15.9 Å². The Morgan fingerprint density at radius 1 is 1.39 bits per heavy atom. The van der Waals surface area contributed by atoms with Gasteiger partial charge >= 0.3 is 0 Å². The highest BCUT2D eigenvalue weighted by Gasteiger charge is 2.09. The second-order valence-corrected chi connectivity index (χ2v) is 4.62. The monoisotopic (exact) mass is 314 g/mol. The quantitative estimate of drug-likeness (QED) is 0.926. The van der Waals surface area contributed by atoms with Crippen LogP contribution in [-0.4, -0.2) is 9.97 Å². The molecule has 0 saturated heterocycles. The largest absolute Gasteiger partial charge is 0.309 e. The van der Waals surface area contributed by atoms with Crippen molar-refractivity contribution < 1.29 is 8.78 Å². The predicted molar refractivity (Wildman–Crippen MR) is 66.5 cm³/mol. The van der Waals surface area contributed by atoms with E-state index in [1.165, 1.54) is 12.1 Å². The van der Waals surface area contributed by atoms with Crippen molar-refractivity contribution in [2.24, 2.45) is 0 Å². The Balaban J connectivity index is 2.37. The summed E-state index contributed by atoms with van der Waals surface area (Å²) in [5.74, 6) is -0.950. The molecule has 1 heterocycles. The summed E-state index contributed by atoms with van der Waals surface area (Å²) in [5, 5.41) is 0. The molecule has 0 unspecified atom stereocenters. The molecule has 0 saturated carbocycles. The van der Waals surface area contributed by atoms with E-state index < -0.39 is 11.6 Å². The standard InChI is InChI=1S/C12H9BrF2N2O/c1-6-11(13)12(18)17-10(16-6)4-7-2-3-8(14)5-9(7)15/h2-3,5H,4H2,1H3,(H,16,17,18). The number of aromatic nitrogens is 2. The Morgan fingerprint density at radius 3 is 2.72 bits per heavy atom. The third-order valence-electron chi connectivity index (χ3n) is 2.45. The first-order chi connectivity index (χ1) is 8.47. The van der Waals surface area contributed by atoms with Crippen LogP contribution in [0.25, 0.3) is 0 Å². The summed E-state index contributed by atoms with van der Waals surface area (Å²) >= 11 is 3.09. The number of nitrogens with one attached hydrogen (secondary N) is 1. The molecule has 2 rings (SSSR count). The van der Waals surface area contributed by atoms with E-state index in [1.54, 1.807) is 6.92 Å². The second-order valence-electron chi connectivity index (χ2n) is 3.82. The number of hydrogen-bond acceptors (Lipinski definition) is 2. The summed E-state index contributed by atoms with van der Waals surface area (Å²) in [7, 11) is 0. The summed E-state index contributed by atoms with van der Waals surface area (Å²) in [5.41, 5.74) is 0.484. The highest BCUT2D eigenvalue weighted by atomic mass is 79.9. The van der Waals surface area contributed by atoms with Crippen LogP contribution in [0, 0.1) is 18.6 Å². The van der Waals surface area contributed by atoms with Crippen LogP contribution in [0.1, 0.15) is 17.1 Å². The zero-order chi connectivity index (χ0) is 13.3. The fourth-order valence-electron chi connectivity index (χ4n) is 1.56. The van der Waals surface area contributed by atoms with Crippen LogP contribution < -0.4 is 5.56 Å². The second kappa shape index (κ2) is 4.97. The van der Waals surface area contributed by atoms with Crippen LogP contribution >= 0.6 is 15.9 Å². The first-order valence-electron chi connectivity index (χ1n) is 5.16. The van der Waals surface area contributed by atoms with Gasteiger partial charge in [-0.05, 0) is 34.5 Å². The van der Waals surface area contributed by atoms with E-state index in [0.29, 0.717) is 16.0 Å². The molecule has 0 spiro atoms. The minimum absolute atomic E-state index is 0.107. The number of nitrogens with zero attached hydrogens (tertiary/aromatic N) is 1. The van der Waals surface area contributed by atoms with E-state index in [2.05, 4.69) is 25.9 Å². The average Bonchev–Trinajstić information content (AvgIpc) is 2.29. The van der Waals surface area contributed by atoms with Gasteiger partial charge in [0, 0.05) is 12.5 Å². The Labute approximate surface area is 110 Å². The van der Waals surface area contributed by atoms with E-state index in [9.17, 15) is 13.6 Å². The third kappa shape index (κ3) is 2.64. The molecule has 2 aromatic rings. The third-order valence-corrected chi connectivity index (χ3v) is 3.38. The van der Waals surface area contributed by atoms with E-state index >= 15 is 0 Å². The van der Waals surface area contributed by atoms with Crippen molar-refractivity contribution in [1.29, 1.82) is 0 Å². The van der Waals surface area contributed by atoms with Gasteiger partial charge in [-0.3, -0.25) is 4.79 Å². The van der Waals surface area contributed by atoms with Crippen LogP contribution in [0.3, 0.4) is 0 Å². The van der Waals surface area contributed by atoms with Gasteiger partial charge in [-0.25, -0.2) is 13.8 Å². The number of aryl methyl sites for hydroxylation is 1. The lowest BCUT2D eigenvalue weighted by molar-refractivity contribution is 0.573. The molecule has 0 fully saturated rings. The molecular weight excluding hydrogens is 306 g/mol. The van der Waals surface area contributed by atoms with Gasteiger partial charge < -0.3 is 4.98 Å². The molecule has 0 amide bonds. The van der Waals surface area contributed by atoms with Crippen LogP contribution in [0.4, 0.5) is 8.78 Å². The van der Waals surface area contributed by atoms with Crippen LogP contribution in [0.5, 0.6) is 0 Å². The summed E-state index contributed by atoms with van der Waals surface area (Å²) in [6.07, 6.45) is 0.107. The average molecular weight is 315 g/mol. The molecule has 1 N–H and O–H groups in total. The molecule has 1 aromatic heterocycles. The van der Waals surface area contributed by atoms with Gasteiger partial charge in [0.1, 0.15) is 21.9 Å². The Hall–Kier alpha value is -1.56. The SMILES string of the molecule is Cc1nc(Cc2ccc(F)cc2F)[nH]c(=O)c1Br. The topological polar surface area (TPSA) is 45.8 Å². The molecule has 0 atom stereocenters. The van der Waals surface area contributed by atoms with Crippen molar-refractivity contribution in [3.05, 3.63) is 61.7 Å². The number of H-pyrrole nitrogens is 1. The minimum Gasteiger partial charge on any atom is -0.309 e. The van der Waals surface area contributed by atoms with Gasteiger partial charge in [-0.15, -0.1) is 0 Å². The van der Waals surface area contributed by atoms with Crippen molar-refractivity contribution in [3.8, 4) is 0 Å². The number of halogens is 3. The summed E-state index contributed by atoms with van der Waals surface area (Å²) in [6.45, 7) is 1.67. The molecule has 18 heavy (non-hydrogen) atoms. The van der Waals surface area contributed by atoms with Crippen molar-refractivity contribution in [2.45, 2.75) is 13.3 Å². The molecule has 3 nitrogen and oxygen atoms in total. The Kier molecular flexibility index (Phi) is 3.56. The first kappa shape index (κ1) is 12.9. The molecular formula is C12H9BrF2N2O. The number of rotatable bonds is 2. The van der Waals surface area contributed by atoms with Crippen molar-refractivity contribution in [3.63, 3.8) is 0 Å². The maximum Gasteiger partial charge on any atom is 0.265 e. The Bertz CT molecular complexity index is 655. The van der Waals surface area contributed by atoms with Crippen LogP contribution in [-0.2, 0) is 6.42 Å². The minimum atomic E-state index is -0.654. The molecule has 0 bridgehead atoms. The van der Waals surface area contributed by atoms with E-state index in [0.717, 1.165) is 6.07 Å². The maximum atomic E-state index is 13.4. The van der Waals surface area contributed by atoms with Crippen LogP contribution in [0.15, 0.2) is 27.5 Å². The zero-order valence-corrected chi connectivity index (χ0v) is 11.0. The van der Waals surface area contributed by atoms with Gasteiger partial charge in [0.25, 0.3) is 5.56 Å². The highest BCUT2D eigenvalue weighted by molar-refractivity contribution is 9.10. The summed E-state index contributed by atoms with van der Waals surface area (Å²) < 4.78 is 26.5. The van der Waals surface area contributed by atoms with Gasteiger partial charge in [0.2, 0.25) is 0 Å². The van der Waals surface area contributed by atoms with Crippen molar-refractivity contribution in [1.82, 2.24) is 9.97 Å². The molecule has 1 aromatic carbocycles. The zero-order valence-electron chi connectivity index (χ0n) is 9.43. The lowest BCUT2D eigenvalue weighted by Crippen LogP contribution is -2.14. The number of benzene rings is 1. The van der Waals surface area contributed by atoms with Gasteiger partial charge in [0.05, 0.1) is 5.69 Å². The van der Waals surface area contributed by atoms with Gasteiger partial charge in [-0.1, -0.05) is 6.07 Å². The normalized spacial score (nSPS) is 10.7. The van der Waals surface area contributed by atoms with Crippen LogP contribution in [0.2, 0.25) is 0 Å². The Morgan fingerprint density at radius 2 is 2.11 bits per heavy atom. The lowest BCUT2D eigenvalue weighted by Gasteiger charge is -2.05. The molecule has 0 aliphatic heterocycles. The molecule has 0 radical (unpaired) electrons. The molecule has 0 aliphatic rings. The van der Waals surface area contributed by atoms with Crippen molar-refractivity contribution in [2.75, 3.05) is 0 Å². The lowest BCUT2D eigenvalue weighted by atomic mass is 10.1. The molecule has 0 aliphatic carbocycles. The summed E-state index contributed by atoms with van der Waals surface area (Å²) in [4.78, 5) is 18.2. The van der Waals surface area contributed by atoms with E-state index in [-0.39, 0.29) is 17.5 Å². The van der Waals surface area contributed by atoms with E-state index in [4.69, 9.17) is 0 Å². The highest BCUT2D eigenvalue weighted by Crippen LogP contribution is 2.13. The molecule has 6 heteroatoms. The van der Waals surface area contributed by atoms with Gasteiger partial charge in [0.15, 0.2) is 0 Å². The fourth-order valence-corrected chi connectivity index (χ4v) is 1.75. The first-order valence-corrected chi connectivity index (χ1v) is 5.96. The summed E-state index contributed by atoms with van der Waals surface area (Å²) in [6, 6.07) is 3.31. The fraction of sp³-hybridized carbons (Fsp3) is 0.167.